The zero-order chi connectivity index (χ0) is 16.3. The molecule has 1 saturated heterocycles. The van der Waals surface area contributed by atoms with E-state index in [-0.39, 0.29) is 5.82 Å². The van der Waals surface area contributed by atoms with Gasteiger partial charge in [-0.3, -0.25) is 9.69 Å². The summed E-state index contributed by atoms with van der Waals surface area (Å²) in [5, 5.41) is 19.8. The third kappa shape index (κ3) is 3.70. The van der Waals surface area contributed by atoms with Crippen LogP contribution in [0.3, 0.4) is 0 Å². The summed E-state index contributed by atoms with van der Waals surface area (Å²) in [6.45, 7) is 6.96. The highest BCUT2D eigenvalue weighted by atomic mass is 16.6. The predicted octanol–water partition coefficient (Wildman–Crippen LogP) is 1.22. The molecular weight excluding hydrogens is 288 g/mol. The molecule has 0 spiro atoms. The van der Waals surface area contributed by atoms with Crippen molar-refractivity contribution >= 4 is 17.5 Å². The normalized spacial score (nSPS) is 16.5. The average molecular weight is 308 g/mol. The van der Waals surface area contributed by atoms with E-state index >= 15 is 0 Å². The summed E-state index contributed by atoms with van der Waals surface area (Å²) < 4.78 is 0. The molecule has 0 unspecified atom stereocenters. The van der Waals surface area contributed by atoms with E-state index in [9.17, 15) is 20.0 Å². The molecule has 1 aromatic heterocycles. The molecule has 0 amide bonds. The number of hydrogen-bond acceptors (Lipinski definition) is 6. The highest BCUT2D eigenvalue weighted by Gasteiger charge is 2.31. The van der Waals surface area contributed by atoms with E-state index in [1.807, 2.05) is 0 Å². The van der Waals surface area contributed by atoms with Gasteiger partial charge in [-0.1, -0.05) is 0 Å². The zero-order valence-corrected chi connectivity index (χ0v) is 12.7. The smallest absolute Gasteiger partial charge is 0.363 e. The number of aromatic nitrogens is 1. The first-order valence-electron chi connectivity index (χ1n) is 7.11. The minimum Gasteiger partial charge on any atom is -0.481 e. The lowest BCUT2D eigenvalue weighted by Crippen LogP contribution is -2.50. The number of nitro groups is 1. The summed E-state index contributed by atoms with van der Waals surface area (Å²) in [5.41, 5.74) is 0.0830. The quantitative estimate of drug-likeness (QED) is 0.645. The van der Waals surface area contributed by atoms with Crippen molar-refractivity contribution in [3.63, 3.8) is 0 Å². The molecule has 8 nitrogen and oxygen atoms in total. The van der Waals surface area contributed by atoms with Crippen molar-refractivity contribution in [2.45, 2.75) is 13.8 Å². The predicted molar refractivity (Wildman–Crippen MR) is 81.0 cm³/mol. The molecule has 0 bridgehead atoms. The number of carboxylic acid groups (broad SMARTS) is 1. The molecule has 22 heavy (non-hydrogen) atoms. The Hall–Kier alpha value is -2.22. The molecule has 8 heteroatoms. The van der Waals surface area contributed by atoms with E-state index < -0.39 is 16.3 Å². The van der Waals surface area contributed by atoms with Crippen molar-refractivity contribution in [2.24, 2.45) is 5.41 Å². The second-order valence-electron chi connectivity index (χ2n) is 6.08. The van der Waals surface area contributed by atoms with Gasteiger partial charge < -0.3 is 20.1 Å². The Morgan fingerprint density at radius 1 is 1.36 bits per heavy atom. The molecule has 1 aliphatic rings. The molecule has 1 fully saturated rings. The van der Waals surface area contributed by atoms with Crippen molar-refractivity contribution in [3.8, 4) is 0 Å². The fourth-order valence-corrected chi connectivity index (χ4v) is 2.46. The Balaban J connectivity index is 1.92. The van der Waals surface area contributed by atoms with E-state index in [0.717, 1.165) is 31.9 Å². The minimum absolute atomic E-state index is 0.161. The van der Waals surface area contributed by atoms with Gasteiger partial charge >= 0.3 is 11.8 Å². The molecule has 1 aliphatic heterocycles. The summed E-state index contributed by atoms with van der Waals surface area (Å²) in [5.74, 6) is -0.958. The number of rotatable bonds is 5. The maximum absolute atomic E-state index is 11.2. The van der Waals surface area contributed by atoms with Crippen LogP contribution in [0.1, 0.15) is 13.8 Å². The van der Waals surface area contributed by atoms with Gasteiger partial charge in [-0.05, 0) is 29.8 Å². The molecule has 2 heterocycles. The van der Waals surface area contributed by atoms with E-state index in [1.165, 1.54) is 12.3 Å². The van der Waals surface area contributed by atoms with Crippen LogP contribution in [0.4, 0.5) is 11.5 Å². The molecule has 0 aromatic carbocycles. The Labute approximate surface area is 128 Å². The lowest BCUT2D eigenvalue weighted by Gasteiger charge is -2.38. The van der Waals surface area contributed by atoms with Crippen LogP contribution in [0.25, 0.3) is 0 Å². The first-order valence-corrected chi connectivity index (χ1v) is 7.11. The molecule has 0 aliphatic carbocycles. The Morgan fingerprint density at radius 2 is 2.00 bits per heavy atom. The summed E-state index contributed by atoms with van der Waals surface area (Å²) >= 11 is 0. The fourth-order valence-electron chi connectivity index (χ4n) is 2.46. The topological polar surface area (TPSA) is 99.8 Å². The van der Waals surface area contributed by atoms with E-state index in [2.05, 4.69) is 14.8 Å². The van der Waals surface area contributed by atoms with Gasteiger partial charge in [-0.2, -0.15) is 0 Å². The van der Waals surface area contributed by atoms with E-state index in [1.54, 1.807) is 19.9 Å². The lowest BCUT2D eigenvalue weighted by atomic mass is 9.93. The van der Waals surface area contributed by atoms with Gasteiger partial charge in [0.2, 0.25) is 0 Å². The summed E-state index contributed by atoms with van der Waals surface area (Å²) in [6, 6.07) is 3.09. The molecule has 0 radical (unpaired) electrons. The second kappa shape index (κ2) is 6.27. The van der Waals surface area contributed by atoms with Crippen molar-refractivity contribution < 1.29 is 14.8 Å². The largest absolute Gasteiger partial charge is 0.481 e. The minimum atomic E-state index is -0.797. The molecule has 0 saturated carbocycles. The van der Waals surface area contributed by atoms with Crippen LogP contribution < -0.4 is 4.90 Å². The number of anilines is 1. The Morgan fingerprint density at radius 3 is 2.45 bits per heavy atom. The van der Waals surface area contributed by atoms with Gasteiger partial charge in [0.25, 0.3) is 0 Å². The maximum atomic E-state index is 11.2. The summed E-state index contributed by atoms with van der Waals surface area (Å²) in [4.78, 5) is 29.3. The first kappa shape index (κ1) is 16.2. The van der Waals surface area contributed by atoms with Crippen LogP contribution in [0.15, 0.2) is 18.3 Å². The molecule has 0 atom stereocenters. The van der Waals surface area contributed by atoms with Gasteiger partial charge in [0.05, 0.1) is 11.1 Å². The molecule has 2 rings (SSSR count). The summed E-state index contributed by atoms with van der Waals surface area (Å²) in [6.07, 6.45) is 1.51. The van der Waals surface area contributed by atoms with Crippen LogP contribution in [0, 0.1) is 15.5 Å². The van der Waals surface area contributed by atoms with E-state index in [4.69, 9.17) is 0 Å². The number of piperazine rings is 1. The van der Waals surface area contributed by atoms with Crippen molar-refractivity contribution in [3.05, 3.63) is 28.4 Å². The van der Waals surface area contributed by atoms with Crippen LogP contribution in [-0.4, -0.2) is 58.6 Å². The van der Waals surface area contributed by atoms with Crippen LogP contribution in [0.5, 0.6) is 0 Å². The standard InChI is InChI=1S/C14H20N4O4/c1-14(2,13(19)20)10-16-5-7-17(8-6-16)11-3-4-12(15-9-11)18(21)22/h3-4,9H,5-8,10H2,1-2H3,(H,19,20). The monoisotopic (exact) mass is 308 g/mol. The number of nitrogens with zero attached hydrogens (tertiary/aromatic N) is 4. The average Bonchev–Trinajstić information content (AvgIpc) is 2.47. The summed E-state index contributed by atoms with van der Waals surface area (Å²) in [7, 11) is 0. The fraction of sp³-hybridized carbons (Fsp3) is 0.571. The van der Waals surface area contributed by atoms with Gasteiger partial charge in [0, 0.05) is 38.8 Å². The van der Waals surface area contributed by atoms with Crippen molar-refractivity contribution in [1.82, 2.24) is 9.88 Å². The van der Waals surface area contributed by atoms with Crippen LogP contribution >= 0.6 is 0 Å². The Kier molecular flexibility index (Phi) is 4.60. The number of hydrogen-bond donors (Lipinski definition) is 1. The van der Waals surface area contributed by atoms with Crippen molar-refractivity contribution in [2.75, 3.05) is 37.6 Å². The van der Waals surface area contributed by atoms with E-state index in [0.29, 0.717) is 6.54 Å². The van der Waals surface area contributed by atoms with Crippen molar-refractivity contribution in [1.29, 1.82) is 0 Å². The number of carboxylic acids is 1. The molecule has 1 aromatic rings. The third-order valence-electron chi connectivity index (χ3n) is 3.85. The third-order valence-corrected chi connectivity index (χ3v) is 3.85. The number of pyridine rings is 1. The van der Waals surface area contributed by atoms with Crippen LogP contribution in [0.2, 0.25) is 0 Å². The Bertz CT molecular complexity index is 550. The highest BCUT2D eigenvalue weighted by Crippen LogP contribution is 2.21. The highest BCUT2D eigenvalue weighted by molar-refractivity contribution is 5.73. The van der Waals surface area contributed by atoms with Crippen LogP contribution in [-0.2, 0) is 4.79 Å². The van der Waals surface area contributed by atoms with Gasteiger partial charge in [-0.15, -0.1) is 0 Å². The number of carbonyl (C=O) groups is 1. The maximum Gasteiger partial charge on any atom is 0.363 e. The first-order chi connectivity index (χ1) is 10.3. The van der Waals surface area contributed by atoms with Gasteiger partial charge in [-0.25, -0.2) is 0 Å². The molecule has 120 valence electrons. The van der Waals surface area contributed by atoms with Gasteiger partial charge in [0.15, 0.2) is 6.20 Å². The van der Waals surface area contributed by atoms with Gasteiger partial charge in [0.1, 0.15) is 0 Å². The molecular formula is C14H20N4O4. The number of aliphatic carboxylic acids is 1. The zero-order valence-electron chi connectivity index (χ0n) is 12.7. The lowest BCUT2D eigenvalue weighted by molar-refractivity contribution is -0.389. The second-order valence-corrected chi connectivity index (χ2v) is 6.08. The SMILES string of the molecule is CC(C)(CN1CCN(c2ccc([N+](=O)[O-])nc2)CC1)C(=O)O. The molecule has 1 N–H and O–H groups in total.